The van der Waals surface area contributed by atoms with Gasteiger partial charge in [-0.05, 0) is 49.7 Å². The van der Waals surface area contributed by atoms with Crippen LogP contribution in [0.15, 0.2) is 87.1 Å². The van der Waals surface area contributed by atoms with Gasteiger partial charge < -0.3 is 9.73 Å². The predicted molar refractivity (Wildman–Crippen MR) is 117 cm³/mol. The Morgan fingerprint density at radius 2 is 1.58 bits per heavy atom. The van der Waals surface area contributed by atoms with Crippen LogP contribution < -0.4 is 5.32 Å². The van der Waals surface area contributed by atoms with Gasteiger partial charge in [-0.15, -0.1) is 0 Å². The number of anilines is 1. The van der Waals surface area contributed by atoms with Crippen molar-refractivity contribution in [3.05, 3.63) is 95.3 Å². The number of halogens is 1. The number of rotatable bonds is 6. The maximum atomic E-state index is 13.7. The van der Waals surface area contributed by atoms with Gasteiger partial charge in [-0.2, -0.15) is 4.98 Å². The Labute approximate surface area is 180 Å². The Hall–Kier alpha value is -3.45. The molecule has 31 heavy (non-hydrogen) atoms. The second-order valence-corrected chi connectivity index (χ2v) is 9.18. The first kappa shape index (κ1) is 20.8. The number of sulfone groups is 1. The lowest BCUT2D eigenvalue weighted by molar-refractivity contribution is 0.575. The molecule has 0 saturated heterocycles. The highest BCUT2D eigenvalue weighted by atomic mass is 32.2. The van der Waals surface area contributed by atoms with Crippen LogP contribution in [-0.4, -0.2) is 13.4 Å². The Kier molecular flexibility index (Phi) is 5.61. The van der Waals surface area contributed by atoms with Crippen LogP contribution in [0.3, 0.4) is 0 Å². The number of hydrogen-bond acceptors (Lipinski definition) is 5. The Bertz CT molecular complexity index is 1310. The van der Waals surface area contributed by atoms with Crippen molar-refractivity contribution < 1.29 is 17.2 Å². The van der Waals surface area contributed by atoms with Crippen LogP contribution in [0.5, 0.6) is 0 Å². The van der Waals surface area contributed by atoms with Crippen LogP contribution in [0, 0.1) is 19.7 Å². The minimum absolute atomic E-state index is 0.0143. The number of oxazole rings is 1. The van der Waals surface area contributed by atoms with Gasteiger partial charge in [0.1, 0.15) is 5.82 Å². The SMILES string of the molecule is Cc1ccc(CNc2oc(-c3ccc(C)cc3)nc2S(=O)(=O)c2cccc(F)c2)cc1. The molecule has 0 aliphatic heterocycles. The van der Waals surface area contributed by atoms with Crippen molar-refractivity contribution in [1.29, 1.82) is 0 Å². The zero-order valence-corrected chi connectivity index (χ0v) is 17.9. The summed E-state index contributed by atoms with van der Waals surface area (Å²) in [5.74, 6) is -0.459. The number of nitrogens with zero attached hydrogens (tertiary/aromatic N) is 1. The summed E-state index contributed by atoms with van der Waals surface area (Å²) >= 11 is 0. The minimum Gasteiger partial charge on any atom is -0.419 e. The highest BCUT2D eigenvalue weighted by Gasteiger charge is 2.29. The summed E-state index contributed by atoms with van der Waals surface area (Å²) < 4.78 is 46.0. The van der Waals surface area contributed by atoms with Gasteiger partial charge in [0.05, 0.1) is 4.90 Å². The summed E-state index contributed by atoms with van der Waals surface area (Å²) in [6.45, 7) is 4.29. The van der Waals surface area contributed by atoms with E-state index in [2.05, 4.69) is 10.3 Å². The van der Waals surface area contributed by atoms with Gasteiger partial charge in [0.25, 0.3) is 0 Å². The van der Waals surface area contributed by atoms with E-state index in [1.54, 1.807) is 0 Å². The molecule has 5 nitrogen and oxygen atoms in total. The maximum absolute atomic E-state index is 13.7. The number of hydrogen-bond donors (Lipinski definition) is 1. The van der Waals surface area contributed by atoms with E-state index in [-0.39, 0.29) is 21.7 Å². The van der Waals surface area contributed by atoms with Crippen LogP contribution in [0.25, 0.3) is 11.5 Å². The van der Waals surface area contributed by atoms with Crippen LogP contribution in [0.4, 0.5) is 10.3 Å². The van der Waals surface area contributed by atoms with E-state index in [0.717, 1.165) is 22.8 Å². The molecule has 1 aromatic heterocycles. The molecule has 4 rings (SSSR count). The van der Waals surface area contributed by atoms with Crippen LogP contribution in [-0.2, 0) is 16.4 Å². The molecule has 0 bridgehead atoms. The lowest BCUT2D eigenvalue weighted by Gasteiger charge is -2.07. The predicted octanol–water partition coefficient (Wildman–Crippen LogP) is 5.54. The molecule has 3 aromatic carbocycles. The van der Waals surface area contributed by atoms with Gasteiger partial charge in [-0.1, -0.05) is 53.6 Å². The van der Waals surface area contributed by atoms with Crippen molar-refractivity contribution in [2.24, 2.45) is 0 Å². The zero-order valence-electron chi connectivity index (χ0n) is 17.1. The van der Waals surface area contributed by atoms with E-state index >= 15 is 0 Å². The van der Waals surface area contributed by atoms with Crippen molar-refractivity contribution in [3.63, 3.8) is 0 Å². The molecule has 1 heterocycles. The van der Waals surface area contributed by atoms with E-state index < -0.39 is 15.7 Å². The third kappa shape index (κ3) is 4.51. The molecule has 0 radical (unpaired) electrons. The van der Waals surface area contributed by atoms with Gasteiger partial charge in [0.2, 0.25) is 26.6 Å². The van der Waals surface area contributed by atoms with Crippen LogP contribution in [0.2, 0.25) is 0 Å². The average molecular weight is 437 g/mol. The van der Waals surface area contributed by atoms with E-state index in [1.165, 1.54) is 18.2 Å². The molecule has 7 heteroatoms. The topological polar surface area (TPSA) is 72.2 Å². The Morgan fingerprint density at radius 3 is 2.23 bits per heavy atom. The zero-order chi connectivity index (χ0) is 22.0. The smallest absolute Gasteiger partial charge is 0.234 e. The van der Waals surface area contributed by atoms with E-state index in [9.17, 15) is 12.8 Å². The molecule has 0 saturated carbocycles. The van der Waals surface area contributed by atoms with Crippen LogP contribution in [0.1, 0.15) is 16.7 Å². The monoisotopic (exact) mass is 436 g/mol. The first-order chi connectivity index (χ1) is 14.8. The third-order valence-electron chi connectivity index (χ3n) is 4.83. The second kappa shape index (κ2) is 8.35. The first-order valence-corrected chi connectivity index (χ1v) is 11.2. The largest absolute Gasteiger partial charge is 0.419 e. The standard InChI is InChI=1S/C24H21FN2O3S/c1-16-6-10-18(11-7-16)15-26-23-24(31(28,29)21-5-3-4-20(25)14-21)27-22(30-23)19-12-8-17(2)9-13-19/h3-14,26H,15H2,1-2H3. The van der Waals surface area contributed by atoms with E-state index in [1.807, 2.05) is 62.4 Å². The summed E-state index contributed by atoms with van der Waals surface area (Å²) in [5, 5.41) is 2.76. The highest BCUT2D eigenvalue weighted by molar-refractivity contribution is 7.91. The van der Waals surface area contributed by atoms with Gasteiger partial charge in [-0.25, -0.2) is 12.8 Å². The van der Waals surface area contributed by atoms with Crippen molar-refractivity contribution >= 4 is 15.7 Å². The highest BCUT2D eigenvalue weighted by Crippen LogP contribution is 2.33. The van der Waals surface area contributed by atoms with Gasteiger partial charge >= 0.3 is 0 Å². The Morgan fingerprint density at radius 1 is 0.935 bits per heavy atom. The van der Waals surface area contributed by atoms with Gasteiger partial charge in [-0.3, -0.25) is 0 Å². The summed E-state index contributed by atoms with van der Waals surface area (Å²) in [6, 6.07) is 20.1. The Balaban J connectivity index is 1.76. The fraction of sp³-hybridized carbons (Fsp3) is 0.125. The van der Waals surface area contributed by atoms with Crippen molar-refractivity contribution in [2.45, 2.75) is 30.3 Å². The normalized spacial score (nSPS) is 11.5. The summed E-state index contributed by atoms with van der Waals surface area (Å²) in [6.07, 6.45) is 0. The quantitative estimate of drug-likeness (QED) is 0.429. The molecule has 0 amide bonds. The maximum Gasteiger partial charge on any atom is 0.234 e. The summed E-state index contributed by atoms with van der Waals surface area (Å²) in [7, 11) is -4.11. The van der Waals surface area contributed by atoms with E-state index in [4.69, 9.17) is 4.42 Å². The van der Waals surface area contributed by atoms with Crippen molar-refractivity contribution in [2.75, 3.05) is 5.32 Å². The molecule has 1 N–H and O–H groups in total. The molecule has 0 spiro atoms. The van der Waals surface area contributed by atoms with E-state index in [0.29, 0.717) is 12.1 Å². The molecule has 0 aliphatic carbocycles. The van der Waals surface area contributed by atoms with Crippen LogP contribution >= 0.6 is 0 Å². The van der Waals surface area contributed by atoms with Crippen molar-refractivity contribution in [3.8, 4) is 11.5 Å². The number of benzene rings is 3. The second-order valence-electron chi connectivity index (χ2n) is 7.32. The molecule has 158 valence electrons. The molecular formula is C24H21FN2O3S. The molecule has 0 fully saturated rings. The fourth-order valence-electron chi connectivity index (χ4n) is 3.05. The van der Waals surface area contributed by atoms with Gasteiger partial charge in [0, 0.05) is 12.1 Å². The summed E-state index contributed by atoms with van der Waals surface area (Å²) in [5.41, 5.74) is 3.78. The number of aromatic nitrogens is 1. The van der Waals surface area contributed by atoms with Gasteiger partial charge in [0.15, 0.2) is 0 Å². The third-order valence-corrected chi connectivity index (χ3v) is 6.49. The lowest BCUT2D eigenvalue weighted by atomic mass is 10.1. The molecule has 0 aliphatic rings. The minimum atomic E-state index is -4.11. The molecule has 4 aromatic rings. The first-order valence-electron chi connectivity index (χ1n) is 9.71. The van der Waals surface area contributed by atoms with Crippen molar-refractivity contribution in [1.82, 2.24) is 4.98 Å². The number of nitrogens with one attached hydrogen (secondary N) is 1. The lowest BCUT2D eigenvalue weighted by Crippen LogP contribution is -2.08. The fourth-order valence-corrected chi connectivity index (χ4v) is 4.36. The molecular weight excluding hydrogens is 415 g/mol. The molecule has 0 unspecified atom stereocenters. The average Bonchev–Trinajstić information content (AvgIpc) is 3.19. The molecule has 0 atom stereocenters. The summed E-state index contributed by atoms with van der Waals surface area (Å²) in [4.78, 5) is 4.09. The number of aryl methyl sites for hydroxylation is 2.